The van der Waals surface area contributed by atoms with E-state index < -0.39 is 6.61 Å². The van der Waals surface area contributed by atoms with Gasteiger partial charge in [-0.1, -0.05) is 13.0 Å². The van der Waals surface area contributed by atoms with E-state index in [2.05, 4.69) is 4.74 Å². The van der Waals surface area contributed by atoms with Crippen LogP contribution in [0.4, 0.5) is 8.78 Å². The van der Waals surface area contributed by atoms with Crippen molar-refractivity contribution >= 4 is 6.29 Å². The molecule has 0 aliphatic heterocycles. The van der Waals surface area contributed by atoms with Gasteiger partial charge in [-0.2, -0.15) is 8.78 Å². The predicted octanol–water partition coefficient (Wildman–Crippen LogP) is 2.98. The van der Waals surface area contributed by atoms with Crippen LogP contribution < -0.4 is 4.74 Å². The largest absolute Gasteiger partial charge is 0.435 e. The standard InChI is InChI=1S/C12H14F2O2/c1-2-9-6-10(4-3-5-15)8-11(7-9)16-12(13)14/h5-8,12H,2-4H2,1H3. The summed E-state index contributed by atoms with van der Waals surface area (Å²) in [6, 6.07) is 5.05. The van der Waals surface area contributed by atoms with E-state index in [4.69, 9.17) is 0 Å². The van der Waals surface area contributed by atoms with Crippen LogP contribution in [0.2, 0.25) is 0 Å². The van der Waals surface area contributed by atoms with Crippen LogP contribution in [0, 0.1) is 0 Å². The molecule has 0 saturated carbocycles. The van der Waals surface area contributed by atoms with E-state index in [1.54, 1.807) is 12.1 Å². The lowest BCUT2D eigenvalue weighted by Gasteiger charge is -2.09. The molecule has 2 nitrogen and oxygen atoms in total. The summed E-state index contributed by atoms with van der Waals surface area (Å²) in [7, 11) is 0. The Morgan fingerprint density at radius 3 is 2.56 bits per heavy atom. The van der Waals surface area contributed by atoms with Crippen molar-refractivity contribution in [1.29, 1.82) is 0 Å². The van der Waals surface area contributed by atoms with Crippen LogP contribution in [0.5, 0.6) is 5.75 Å². The fourth-order valence-electron chi connectivity index (χ4n) is 1.47. The van der Waals surface area contributed by atoms with Gasteiger partial charge in [-0.25, -0.2) is 0 Å². The molecule has 0 aliphatic carbocycles. The highest BCUT2D eigenvalue weighted by molar-refractivity contribution is 5.50. The number of ether oxygens (including phenoxy) is 1. The summed E-state index contributed by atoms with van der Waals surface area (Å²) in [5.41, 5.74) is 1.78. The fraction of sp³-hybridized carbons (Fsp3) is 0.417. The molecule has 0 radical (unpaired) electrons. The summed E-state index contributed by atoms with van der Waals surface area (Å²) in [5.74, 6) is 0.162. The zero-order valence-corrected chi connectivity index (χ0v) is 9.08. The van der Waals surface area contributed by atoms with Crippen LogP contribution >= 0.6 is 0 Å². The minimum atomic E-state index is -2.81. The second-order valence-electron chi connectivity index (χ2n) is 3.42. The topological polar surface area (TPSA) is 26.3 Å². The van der Waals surface area contributed by atoms with Crippen molar-refractivity contribution in [3.63, 3.8) is 0 Å². The van der Waals surface area contributed by atoms with Gasteiger partial charge in [-0.05, 0) is 36.1 Å². The molecule has 1 aromatic carbocycles. The van der Waals surface area contributed by atoms with Crippen molar-refractivity contribution in [2.24, 2.45) is 0 Å². The van der Waals surface area contributed by atoms with E-state index in [1.165, 1.54) is 0 Å². The molecule has 0 atom stereocenters. The second kappa shape index (κ2) is 6.20. The highest BCUT2D eigenvalue weighted by atomic mass is 19.3. The molecular weight excluding hydrogens is 214 g/mol. The lowest BCUT2D eigenvalue weighted by Crippen LogP contribution is -2.03. The minimum absolute atomic E-state index is 0.162. The van der Waals surface area contributed by atoms with E-state index in [0.717, 1.165) is 23.8 Å². The summed E-state index contributed by atoms with van der Waals surface area (Å²) in [6.07, 6.45) is 2.50. The average molecular weight is 228 g/mol. The van der Waals surface area contributed by atoms with Crippen LogP contribution in [0.1, 0.15) is 24.5 Å². The summed E-state index contributed by atoms with van der Waals surface area (Å²) < 4.78 is 28.5. The van der Waals surface area contributed by atoms with Gasteiger partial charge in [-0.3, -0.25) is 0 Å². The van der Waals surface area contributed by atoms with Crippen molar-refractivity contribution < 1.29 is 18.3 Å². The van der Waals surface area contributed by atoms with Gasteiger partial charge in [0.1, 0.15) is 12.0 Å². The predicted molar refractivity (Wildman–Crippen MR) is 56.8 cm³/mol. The number of hydrogen-bond acceptors (Lipinski definition) is 2. The molecule has 16 heavy (non-hydrogen) atoms. The quantitative estimate of drug-likeness (QED) is 0.700. The number of aryl methyl sites for hydroxylation is 2. The third-order valence-electron chi connectivity index (χ3n) is 2.21. The molecule has 0 N–H and O–H groups in total. The monoisotopic (exact) mass is 228 g/mol. The maximum Gasteiger partial charge on any atom is 0.387 e. The van der Waals surface area contributed by atoms with Gasteiger partial charge in [0.2, 0.25) is 0 Å². The van der Waals surface area contributed by atoms with Crippen molar-refractivity contribution in [2.45, 2.75) is 32.8 Å². The zero-order chi connectivity index (χ0) is 12.0. The molecular formula is C12H14F2O2. The van der Waals surface area contributed by atoms with Crippen LogP contribution in [0.25, 0.3) is 0 Å². The zero-order valence-electron chi connectivity index (χ0n) is 9.08. The van der Waals surface area contributed by atoms with Gasteiger partial charge in [0.15, 0.2) is 0 Å². The normalized spacial score (nSPS) is 10.5. The molecule has 1 aromatic rings. The highest BCUT2D eigenvalue weighted by Gasteiger charge is 2.06. The molecule has 4 heteroatoms. The van der Waals surface area contributed by atoms with Crippen LogP contribution in [-0.4, -0.2) is 12.9 Å². The third-order valence-corrected chi connectivity index (χ3v) is 2.21. The van der Waals surface area contributed by atoms with Crippen LogP contribution in [0.15, 0.2) is 18.2 Å². The number of alkyl halides is 2. The third kappa shape index (κ3) is 3.96. The summed E-state index contributed by atoms with van der Waals surface area (Å²) in [4.78, 5) is 10.2. The molecule has 0 aromatic heterocycles. The first-order valence-corrected chi connectivity index (χ1v) is 5.17. The summed E-state index contributed by atoms with van der Waals surface area (Å²) in [6.45, 7) is -0.878. The van der Waals surface area contributed by atoms with Crippen molar-refractivity contribution in [3.8, 4) is 5.75 Å². The number of carbonyl (C=O) groups excluding carboxylic acids is 1. The SMILES string of the molecule is CCc1cc(CCC=O)cc(OC(F)F)c1. The molecule has 0 aliphatic rings. The molecule has 0 amide bonds. The first-order chi connectivity index (χ1) is 7.65. The number of benzene rings is 1. The minimum Gasteiger partial charge on any atom is -0.435 e. The number of hydrogen-bond donors (Lipinski definition) is 0. The lowest BCUT2D eigenvalue weighted by molar-refractivity contribution is -0.107. The molecule has 0 bridgehead atoms. The first kappa shape index (κ1) is 12.6. The van der Waals surface area contributed by atoms with Gasteiger partial charge < -0.3 is 9.53 Å². The van der Waals surface area contributed by atoms with Gasteiger partial charge >= 0.3 is 6.61 Å². The van der Waals surface area contributed by atoms with Crippen LogP contribution in [0.3, 0.4) is 0 Å². The van der Waals surface area contributed by atoms with Crippen molar-refractivity contribution in [2.75, 3.05) is 0 Å². The molecule has 0 unspecified atom stereocenters. The van der Waals surface area contributed by atoms with Crippen molar-refractivity contribution in [1.82, 2.24) is 0 Å². The molecule has 0 heterocycles. The number of halogens is 2. The molecule has 0 saturated heterocycles. The van der Waals surface area contributed by atoms with E-state index in [1.807, 2.05) is 13.0 Å². The second-order valence-corrected chi connectivity index (χ2v) is 3.42. The van der Waals surface area contributed by atoms with Crippen LogP contribution in [-0.2, 0) is 17.6 Å². The Morgan fingerprint density at radius 1 is 1.31 bits per heavy atom. The fourth-order valence-corrected chi connectivity index (χ4v) is 1.47. The Labute approximate surface area is 93.2 Å². The number of carbonyl (C=O) groups is 1. The lowest BCUT2D eigenvalue weighted by atomic mass is 10.0. The number of aldehydes is 1. The van der Waals surface area contributed by atoms with Gasteiger partial charge in [0, 0.05) is 6.42 Å². The smallest absolute Gasteiger partial charge is 0.387 e. The van der Waals surface area contributed by atoms with E-state index in [-0.39, 0.29) is 5.75 Å². The Hall–Kier alpha value is -1.45. The Bertz CT molecular complexity index is 351. The Kier molecular flexibility index (Phi) is 4.89. The maximum absolute atomic E-state index is 12.1. The first-order valence-electron chi connectivity index (χ1n) is 5.17. The molecule has 1 rings (SSSR count). The average Bonchev–Trinajstić information content (AvgIpc) is 2.25. The Balaban J connectivity index is 2.86. The number of rotatable bonds is 6. The van der Waals surface area contributed by atoms with Crippen molar-refractivity contribution in [3.05, 3.63) is 29.3 Å². The maximum atomic E-state index is 12.1. The van der Waals surface area contributed by atoms with Gasteiger partial charge in [0.05, 0.1) is 0 Å². The molecule has 88 valence electrons. The summed E-state index contributed by atoms with van der Waals surface area (Å²) in [5, 5.41) is 0. The van der Waals surface area contributed by atoms with E-state index in [0.29, 0.717) is 12.8 Å². The molecule has 0 spiro atoms. The van der Waals surface area contributed by atoms with E-state index in [9.17, 15) is 13.6 Å². The van der Waals surface area contributed by atoms with E-state index >= 15 is 0 Å². The van der Waals surface area contributed by atoms with Gasteiger partial charge in [-0.15, -0.1) is 0 Å². The molecule has 0 fully saturated rings. The van der Waals surface area contributed by atoms with Gasteiger partial charge in [0.25, 0.3) is 0 Å². The highest BCUT2D eigenvalue weighted by Crippen LogP contribution is 2.20. The Morgan fingerprint density at radius 2 is 2.00 bits per heavy atom. The summed E-state index contributed by atoms with van der Waals surface area (Å²) >= 11 is 0.